The molecule has 2 aromatic heterocycles. The predicted octanol–water partition coefficient (Wildman–Crippen LogP) is 1.49. The monoisotopic (exact) mass is 304 g/mol. The Bertz CT molecular complexity index is 749. The molecule has 7 heteroatoms. The minimum Gasteiger partial charge on any atom is -0.480 e. The van der Waals surface area contributed by atoms with Crippen LogP contribution in [0.3, 0.4) is 0 Å². The van der Waals surface area contributed by atoms with Crippen molar-refractivity contribution in [3.63, 3.8) is 0 Å². The summed E-state index contributed by atoms with van der Waals surface area (Å²) >= 11 is 0. The zero-order valence-electron chi connectivity index (χ0n) is 13.3. The molecule has 0 saturated heterocycles. The predicted molar refractivity (Wildman–Crippen MR) is 80.9 cm³/mol. The van der Waals surface area contributed by atoms with E-state index in [1.165, 1.54) is 0 Å². The molecule has 0 unspecified atom stereocenters. The average molecular weight is 304 g/mol. The van der Waals surface area contributed by atoms with Gasteiger partial charge in [0, 0.05) is 11.4 Å². The van der Waals surface area contributed by atoms with Crippen molar-refractivity contribution in [2.45, 2.75) is 40.7 Å². The average Bonchev–Trinajstić information content (AvgIpc) is 2.71. The second-order valence-electron chi connectivity index (χ2n) is 5.77. The minimum absolute atomic E-state index is 0.222. The molecule has 0 spiro atoms. The minimum atomic E-state index is -1.06. The van der Waals surface area contributed by atoms with Crippen molar-refractivity contribution >= 4 is 17.5 Å². The molecule has 2 rings (SSSR count). The Morgan fingerprint density at radius 2 is 1.91 bits per heavy atom. The van der Waals surface area contributed by atoms with E-state index in [9.17, 15) is 14.7 Å². The molecule has 1 atom stereocenters. The molecular weight excluding hydrogens is 284 g/mol. The second kappa shape index (κ2) is 5.75. The molecule has 0 aliphatic rings. The lowest BCUT2D eigenvalue weighted by molar-refractivity contribution is -0.140. The van der Waals surface area contributed by atoms with Crippen LogP contribution in [-0.2, 0) is 4.79 Å². The highest BCUT2D eigenvalue weighted by molar-refractivity contribution is 6.02. The summed E-state index contributed by atoms with van der Waals surface area (Å²) in [4.78, 5) is 28.1. The first kappa shape index (κ1) is 15.9. The number of carboxylic acids is 1. The van der Waals surface area contributed by atoms with Crippen molar-refractivity contribution in [2.24, 2.45) is 5.92 Å². The van der Waals surface area contributed by atoms with Crippen molar-refractivity contribution in [3.8, 4) is 0 Å². The number of hydrogen-bond donors (Lipinski definition) is 2. The van der Waals surface area contributed by atoms with Crippen LogP contribution in [0.5, 0.6) is 0 Å². The lowest BCUT2D eigenvalue weighted by atomic mass is 10.0. The molecule has 0 aromatic carbocycles. The molecular formula is C15H20N4O3. The molecule has 0 saturated carbocycles. The van der Waals surface area contributed by atoms with E-state index in [4.69, 9.17) is 0 Å². The zero-order valence-corrected chi connectivity index (χ0v) is 13.3. The summed E-state index contributed by atoms with van der Waals surface area (Å²) in [5.41, 5.74) is 2.92. The highest BCUT2D eigenvalue weighted by Gasteiger charge is 2.27. The van der Waals surface area contributed by atoms with Crippen molar-refractivity contribution in [2.75, 3.05) is 0 Å². The highest BCUT2D eigenvalue weighted by Crippen LogP contribution is 2.17. The fourth-order valence-electron chi connectivity index (χ4n) is 2.42. The standard InChI is InChI=1S/C15H20N4O3/c1-7(2)12(15(21)22)17-14(20)11-10(5)18-19-9(4)6-8(3)16-13(11)19/h6-7,12H,1-5H3,(H,17,20)(H,21,22)/t12-/m0/s1. The normalized spacial score (nSPS) is 12.6. The van der Waals surface area contributed by atoms with Crippen LogP contribution in [0.4, 0.5) is 0 Å². The summed E-state index contributed by atoms with van der Waals surface area (Å²) < 4.78 is 1.60. The van der Waals surface area contributed by atoms with Crippen LogP contribution in [0.1, 0.15) is 41.3 Å². The van der Waals surface area contributed by atoms with Crippen LogP contribution in [0, 0.1) is 26.7 Å². The molecule has 7 nitrogen and oxygen atoms in total. The molecule has 0 aliphatic heterocycles. The van der Waals surface area contributed by atoms with Gasteiger partial charge in [-0.3, -0.25) is 4.79 Å². The quantitative estimate of drug-likeness (QED) is 0.892. The maximum absolute atomic E-state index is 12.5. The summed E-state index contributed by atoms with van der Waals surface area (Å²) in [6.07, 6.45) is 0. The fourth-order valence-corrected chi connectivity index (χ4v) is 2.42. The molecule has 0 bridgehead atoms. The number of hydrogen-bond acceptors (Lipinski definition) is 4. The molecule has 0 radical (unpaired) electrons. The van der Waals surface area contributed by atoms with E-state index in [0.717, 1.165) is 11.4 Å². The summed E-state index contributed by atoms with van der Waals surface area (Å²) in [5, 5.41) is 16.1. The van der Waals surface area contributed by atoms with Gasteiger partial charge >= 0.3 is 5.97 Å². The number of carboxylic acid groups (broad SMARTS) is 1. The number of amides is 1. The highest BCUT2D eigenvalue weighted by atomic mass is 16.4. The third-order valence-corrected chi connectivity index (χ3v) is 3.52. The smallest absolute Gasteiger partial charge is 0.326 e. The number of nitrogens with zero attached hydrogens (tertiary/aromatic N) is 3. The van der Waals surface area contributed by atoms with Crippen molar-refractivity contribution in [1.29, 1.82) is 0 Å². The number of aryl methyl sites for hydroxylation is 3. The van der Waals surface area contributed by atoms with E-state index < -0.39 is 17.9 Å². The van der Waals surface area contributed by atoms with Crippen LogP contribution in [-0.4, -0.2) is 37.6 Å². The van der Waals surface area contributed by atoms with E-state index in [-0.39, 0.29) is 5.92 Å². The van der Waals surface area contributed by atoms with Gasteiger partial charge in [-0.25, -0.2) is 14.3 Å². The maximum Gasteiger partial charge on any atom is 0.326 e. The van der Waals surface area contributed by atoms with Crippen molar-refractivity contribution in [3.05, 3.63) is 28.7 Å². The third-order valence-electron chi connectivity index (χ3n) is 3.52. The maximum atomic E-state index is 12.5. The first-order valence-corrected chi connectivity index (χ1v) is 7.09. The number of aliphatic carboxylic acids is 1. The van der Waals surface area contributed by atoms with Crippen LogP contribution >= 0.6 is 0 Å². The lowest BCUT2D eigenvalue weighted by Gasteiger charge is -2.17. The number of carbonyl (C=O) groups is 2. The summed E-state index contributed by atoms with van der Waals surface area (Å²) in [6, 6.07) is 0.919. The Labute approximate surface area is 128 Å². The molecule has 0 fully saturated rings. The van der Waals surface area contributed by atoms with E-state index in [0.29, 0.717) is 16.9 Å². The van der Waals surface area contributed by atoms with Gasteiger partial charge in [-0.05, 0) is 32.8 Å². The van der Waals surface area contributed by atoms with Crippen LogP contribution in [0.25, 0.3) is 5.65 Å². The molecule has 1 amide bonds. The van der Waals surface area contributed by atoms with Gasteiger partial charge in [0.1, 0.15) is 11.6 Å². The number of rotatable bonds is 4. The fraction of sp³-hybridized carbons (Fsp3) is 0.467. The van der Waals surface area contributed by atoms with Crippen molar-refractivity contribution in [1.82, 2.24) is 19.9 Å². The van der Waals surface area contributed by atoms with Gasteiger partial charge in [0.25, 0.3) is 5.91 Å². The summed E-state index contributed by atoms with van der Waals surface area (Å²) in [7, 11) is 0. The van der Waals surface area contributed by atoms with Gasteiger partial charge in [0.05, 0.1) is 5.69 Å². The number of aromatic nitrogens is 3. The molecule has 2 heterocycles. The topological polar surface area (TPSA) is 96.6 Å². The van der Waals surface area contributed by atoms with Gasteiger partial charge in [-0.1, -0.05) is 13.8 Å². The molecule has 2 aromatic rings. The SMILES string of the molecule is Cc1cc(C)n2nc(C)c(C(=O)N[C@H](C(=O)O)C(C)C)c2n1. The first-order chi connectivity index (χ1) is 10.2. The van der Waals surface area contributed by atoms with Crippen LogP contribution in [0.15, 0.2) is 6.07 Å². The van der Waals surface area contributed by atoms with Gasteiger partial charge in [-0.15, -0.1) is 0 Å². The van der Waals surface area contributed by atoms with E-state index >= 15 is 0 Å². The molecule has 0 aliphatic carbocycles. The lowest BCUT2D eigenvalue weighted by Crippen LogP contribution is -2.44. The Morgan fingerprint density at radius 1 is 1.27 bits per heavy atom. The van der Waals surface area contributed by atoms with Crippen molar-refractivity contribution < 1.29 is 14.7 Å². The molecule has 22 heavy (non-hydrogen) atoms. The van der Waals surface area contributed by atoms with Gasteiger partial charge in [-0.2, -0.15) is 5.10 Å². The molecule has 118 valence electrons. The molecule has 2 N–H and O–H groups in total. The number of nitrogens with one attached hydrogen (secondary N) is 1. The van der Waals surface area contributed by atoms with Crippen LogP contribution < -0.4 is 5.32 Å². The Balaban J connectivity index is 2.48. The van der Waals surface area contributed by atoms with Crippen LogP contribution in [0.2, 0.25) is 0 Å². The first-order valence-electron chi connectivity index (χ1n) is 7.09. The third kappa shape index (κ3) is 2.79. The zero-order chi connectivity index (χ0) is 16.6. The van der Waals surface area contributed by atoms with E-state index in [1.807, 2.05) is 19.9 Å². The largest absolute Gasteiger partial charge is 0.480 e. The summed E-state index contributed by atoms with van der Waals surface area (Å²) in [6.45, 7) is 8.92. The van der Waals surface area contributed by atoms with Gasteiger partial charge < -0.3 is 10.4 Å². The summed E-state index contributed by atoms with van der Waals surface area (Å²) in [5.74, 6) is -1.75. The Morgan fingerprint density at radius 3 is 2.45 bits per heavy atom. The number of carbonyl (C=O) groups excluding carboxylic acids is 1. The van der Waals surface area contributed by atoms with E-state index in [2.05, 4.69) is 15.4 Å². The number of fused-ring (bicyclic) bond motifs is 1. The Kier molecular flexibility index (Phi) is 4.16. The van der Waals surface area contributed by atoms with E-state index in [1.54, 1.807) is 25.3 Å². The van der Waals surface area contributed by atoms with Gasteiger partial charge in [0.2, 0.25) is 0 Å². The second-order valence-corrected chi connectivity index (χ2v) is 5.77. The van der Waals surface area contributed by atoms with Gasteiger partial charge in [0.15, 0.2) is 5.65 Å². The Hall–Kier alpha value is -2.44.